The lowest BCUT2D eigenvalue weighted by Crippen LogP contribution is -2.47. The molecule has 0 bridgehead atoms. The summed E-state index contributed by atoms with van der Waals surface area (Å²) in [6.07, 6.45) is 17.5. The van der Waals surface area contributed by atoms with Crippen LogP contribution in [0.2, 0.25) is 0 Å². The molecule has 0 aromatic rings. The van der Waals surface area contributed by atoms with E-state index in [2.05, 4.69) is 6.92 Å². The second kappa shape index (κ2) is 13.5. The largest absolute Gasteiger partial charge is 0.479 e. The molecule has 148 valence electrons. The van der Waals surface area contributed by atoms with Crippen molar-refractivity contribution >= 4 is 13.6 Å². The Morgan fingerprint density at radius 3 is 1.76 bits per heavy atom. The molecule has 0 radical (unpaired) electrons. The van der Waals surface area contributed by atoms with Gasteiger partial charge in [0, 0.05) is 6.42 Å². The average molecular weight is 377 g/mol. The predicted octanol–water partition coefficient (Wildman–Crippen LogP) is 4.55. The highest BCUT2D eigenvalue weighted by molar-refractivity contribution is 7.54. The quantitative estimate of drug-likeness (QED) is 0.178. The SMILES string of the molecule is CCCCCCCCCCCCC/C=C/CC(N)(C(=O)O)P(=O)(O)O. The first-order chi connectivity index (χ1) is 11.8. The van der Waals surface area contributed by atoms with Crippen molar-refractivity contribution in [3.8, 4) is 0 Å². The summed E-state index contributed by atoms with van der Waals surface area (Å²) in [5.74, 6) is -1.68. The van der Waals surface area contributed by atoms with Crippen LogP contribution in [0.3, 0.4) is 0 Å². The van der Waals surface area contributed by atoms with Crippen molar-refractivity contribution in [2.24, 2.45) is 5.73 Å². The van der Waals surface area contributed by atoms with Gasteiger partial charge in [-0.1, -0.05) is 83.3 Å². The molecule has 0 aromatic carbocycles. The van der Waals surface area contributed by atoms with Gasteiger partial charge in [-0.05, 0) is 12.8 Å². The van der Waals surface area contributed by atoms with E-state index in [0.717, 1.165) is 19.3 Å². The van der Waals surface area contributed by atoms with Crippen molar-refractivity contribution < 1.29 is 24.3 Å². The van der Waals surface area contributed by atoms with Gasteiger partial charge in [0.05, 0.1) is 0 Å². The maximum Gasteiger partial charge on any atom is 0.357 e. The van der Waals surface area contributed by atoms with E-state index in [1.807, 2.05) is 0 Å². The lowest BCUT2D eigenvalue weighted by Gasteiger charge is -2.23. The van der Waals surface area contributed by atoms with Crippen LogP contribution < -0.4 is 5.73 Å². The van der Waals surface area contributed by atoms with E-state index < -0.39 is 18.8 Å². The Hall–Kier alpha value is -0.680. The van der Waals surface area contributed by atoms with Crippen molar-refractivity contribution in [3.63, 3.8) is 0 Å². The van der Waals surface area contributed by atoms with Gasteiger partial charge in [0.1, 0.15) is 0 Å². The van der Waals surface area contributed by atoms with Crippen LogP contribution >= 0.6 is 7.60 Å². The highest BCUT2D eigenvalue weighted by Gasteiger charge is 2.49. The molecule has 0 saturated carbocycles. The highest BCUT2D eigenvalue weighted by Crippen LogP contribution is 2.49. The molecule has 6 nitrogen and oxygen atoms in total. The highest BCUT2D eigenvalue weighted by atomic mass is 31.2. The molecule has 0 amide bonds. The second-order valence-electron chi connectivity index (χ2n) is 6.77. The van der Waals surface area contributed by atoms with E-state index in [0.29, 0.717) is 0 Å². The summed E-state index contributed by atoms with van der Waals surface area (Å²) < 4.78 is 11.2. The molecule has 1 atom stereocenters. The fourth-order valence-corrected chi connectivity index (χ4v) is 3.23. The zero-order valence-electron chi connectivity index (χ0n) is 15.5. The van der Waals surface area contributed by atoms with Crippen LogP contribution in [0.5, 0.6) is 0 Å². The molecular formula is C18H36NO5P. The van der Waals surface area contributed by atoms with Gasteiger partial charge in [-0.15, -0.1) is 0 Å². The Balaban J connectivity index is 3.67. The Morgan fingerprint density at radius 1 is 0.920 bits per heavy atom. The Labute approximate surface area is 152 Å². The predicted molar refractivity (Wildman–Crippen MR) is 101 cm³/mol. The smallest absolute Gasteiger partial charge is 0.357 e. The first-order valence-corrected chi connectivity index (χ1v) is 11.1. The van der Waals surface area contributed by atoms with Gasteiger partial charge in [-0.25, -0.2) is 4.79 Å². The Kier molecular flexibility index (Phi) is 13.1. The molecule has 1 unspecified atom stereocenters. The molecule has 5 N–H and O–H groups in total. The van der Waals surface area contributed by atoms with Crippen LogP contribution in [0.1, 0.15) is 90.4 Å². The number of carbonyl (C=O) groups is 1. The average Bonchev–Trinajstić information content (AvgIpc) is 2.53. The molecule has 0 aliphatic heterocycles. The molecule has 0 aromatic heterocycles. The number of unbranched alkanes of at least 4 members (excludes halogenated alkanes) is 11. The Bertz CT molecular complexity index is 435. The van der Waals surface area contributed by atoms with Crippen molar-refractivity contribution in [3.05, 3.63) is 12.2 Å². The first kappa shape index (κ1) is 24.3. The fourth-order valence-electron chi connectivity index (χ4n) is 2.64. The zero-order chi connectivity index (χ0) is 19.2. The molecule has 0 aliphatic carbocycles. The lowest BCUT2D eigenvalue weighted by atomic mass is 10.1. The first-order valence-electron chi connectivity index (χ1n) is 9.48. The van der Waals surface area contributed by atoms with E-state index in [1.165, 1.54) is 63.9 Å². The van der Waals surface area contributed by atoms with Crippen LogP contribution in [0, 0.1) is 0 Å². The van der Waals surface area contributed by atoms with Gasteiger partial charge in [-0.3, -0.25) is 4.57 Å². The number of rotatable bonds is 16. The van der Waals surface area contributed by atoms with Crippen molar-refractivity contribution in [2.75, 3.05) is 0 Å². The molecule has 0 spiro atoms. The Morgan fingerprint density at radius 2 is 1.36 bits per heavy atom. The second-order valence-corrected chi connectivity index (χ2v) is 8.66. The molecule has 0 fully saturated rings. The lowest BCUT2D eigenvalue weighted by molar-refractivity contribution is -0.140. The summed E-state index contributed by atoms with van der Waals surface area (Å²) >= 11 is 0. The monoisotopic (exact) mass is 377 g/mol. The number of hydrogen-bond acceptors (Lipinski definition) is 3. The van der Waals surface area contributed by atoms with E-state index in [4.69, 9.17) is 20.6 Å². The van der Waals surface area contributed by atoms with E-state index in [-0.39, 0.29) is 6.42 Å². The standard InChI is InChI=1S/C18H36NO5P/c1-2-3-4-5-6-7-8-9-10-11-12-13-14-15-16-18(19,17(20)21)25(22,23)24/h14-15H,2-13,16,19H2,1H3,(H,20,21)(H2,22,23,24)/b15-14+. The molecule has 0 saturated heterocycles. The third kappa shape index (κ3) is 10.8. The number of aliphatic carboxylic acids is 1. The number of carboxylic acid groups (broad SMARTS) is 1. The van der Waals surface area contributed by atoms with Crippen LogP contribution in [0.15, 0.2) is 12.2 Å². The van der Waals surface area contributed by atoms with Gasteiger partial charge in [0.25, 0.3) is 0 Å². The van der Waals surface area contributed by atoms with Crippen LogP contribution in [0.25, 0.3) is 0 Å². The number of hydrogen-bond donors (Lipinski definition) is 4. The normalized spacial score (nSPS) is 14.7. The summed E-state index contributed by atoms with van der Waals surface area (Å²) in [5.41, 5.74) is 5.35. The fraction of sp³-hybridized carbons (Fsp3) is 0.833. The van der Waals surface area contributed by atoms with Crippen LogP contribution in [0.4, 0.5) is 0 Å². The summed E-state index contributed by atoms with van der Waals surface area (Å²) in [6, 6.07) is 0. The molecule has 0 heterocycles. The van der Waals surface area contributed by atoms with E-state index >= 15 is 0 Å². The third-order valence-corrected chi connectivity index (χ3v) is 5.87. The molecule has 25 heavy (non-hydrogen) atoms. The summed E-state index contributed by atoms with van der Waals surface area (Å²) in [5, 5.41) is 6.39. The molecule has 0 rings (SSSR count). The van der Waals surface area contributed by atoms with E-state index in [9.17, 15) is 9.36 Å². The molecular weight excluding hydrogens is 341 g/mol. The molecule has 7 heteroatoms. The topological polar surface area (TPSA) is 121 Å². The number of carboxylic acids is 1. The van der Waals surface area contributed by atoms with E-state index in [1.54, 1.807) is 6.08 Å². The molecule has 0 aliphatic rings. The van der Waals surface area contributed by atoms with Gasteiger partial charge in [0.2, 0.25) is 5.28 Å². The summed E-state index contributed by atoms with van der Waals surface area (Å²) in [7, 11) is -4.90. The zero-order valence-corrected chi connectivity index (χ0v) is 16.4. The summed E-state index contributed by atoms with van der Waals surface area (Å²) in [4.78, 5) is 29.1. The minimum absolute atomic E-state index is 0.370. The van der Waals surface area contributed by atoms with Gasteiger partial charge < -0.3 is 20.6 Å². The minimum atomic E-state index is -4.90. The van der Waals surface area contributed by atoms with Crippen molar-refractivity contribution in [1.29, 1.82) is 0 Å². The van der Waals surface area contributed by atoms with Crippen molar-refractivity contribution in [2.45, 2.75) is 95.7 Å². The van der Waals surface area contributed by atoms with Gasteiger partial charge in [0.15, 0.2) is 0 Å². The van der Waals surface area contributed by atoms with Gasteiger partial charge in [-0.2, -0.15) is 0 Å². The number of allylic oxidation sites excluding steroid dienone is 1. The maximum absolute atomic E-state index is 11.2. The van der Waals surface area contributed by atoms with Crippen LogP contribution in [-0.4, -0.2) is 26.1 Å². The van der Waals surface area contributed by atoms with Gasteiger partial charge >= 0.3 is 13.6 Å². The third-order valence-electron chi connectivity index (χ3n) is 4.46. The minimum Gasteiger partial charge on any atom is -0.479 e. The van der Waals surface area contributed by atoms with Crippen molar-refractivity contribution in [1.82, 2.24) is 0 Å². The summed E-state index contributed by atoms with van der Waals surface area (Å²) in [6.45, 7) is 2.23. The van der Waals surface area contributed by atoms with Crippen LogP contribution in [-0.2, 0) is 9.36 Å². The maximum atomic E-state index is 11.2. The number of nitrogens with two attached hydrogens (primary N) is 1.